The van der Waals surface area contributed by atoms with Crippen molar-refractivity contribution >= 4 is 21.4 Å². The minimum absolute atomic E-state index is 0.402. The third-order valence-electron chi connectivity index (χ3n) is 2.97. The van der Waals surface area contributed by atoms with Gasteiger partial charge in [0.2, 0.25) is 10.0 Å². The van der Waals surface area contributed by atoms with E-state index in [4.69, 9.17) is 0 Å². The molecule has 0 saturated heterocycles. The van der Waals surface area contributed by atoms with Gasteiger partial charge in [0.05, 0.1) is 0 Å². The fraction of sp³-hybridized carbons (Fsp3) is 0.667. The molecule has 1 aromatic heterocycles. The van der Waals surface area contributed by atoms with Gasteiger partial charge in [0, 0.05) is 18.0 Å². The van der Waals surface area contributed by atoms with E-state index in [1.165, 1.54) is 11.3 Å². The van der Waals surface area contributed by atoms with Crippen LogP contribution in [0.5, 0.6) is 0 Å². The summed E-state index contributed by atoms with van der Waals surface area (Å²) in [6.45, 7) is 5.39. The zero-order valence-corrected chi connectivity index (χ0v) is 12.8. The van der Waals surface area contributed by atoms with Crippen molar-refractivity contribution in [3.8, 4) is 0 Å². The Morgan fingerprint density at radius 3 is 2.50 bits per heavy atom. The summed E-state index contributed by atoms with van der Waals surface area (Å²) in [4.78, 5) is 1.03. The summed E-state index contributed by atoms with van der Waals surface area (Å²) in [5.41, 5.74) is 0. The molecule has 0 radical (unpaired) electrons. The van der Waals surface area contributed by atoms with Crippen LogP contribution in [0.3, 0.4) is 0 Å². The van der Waals surface area contributed by atoms with Crippen LogP contribution >= 0.6 is 11.3 Å². The van der Waals surface area contributed by atoms with Crippen LogP contribution in [-0.4, -0.2) is 22.0 Å². The van der Waals surface area contributed by atoms with Gasteiger partial charge in [0.1, 0.15) is 4.21 Å². The SMILES string of the molecule is CCC(CC)CNS(=O)(=O)c1ccc(CNC)s1. The molecule has 4 nitrogen and oxygen atoms in total. The standard InChI is InChI=1S/C12H22N2O2S2/c1-4-10(5-2)8-14-18(15,16)12-7-6-11(17-12)9-13-3/h6-7,10,13-14H,4-5,8-9H2,1-3H3. The van der Waals surface area contributed by atoms with Crippen LogP contribution in [0.25, 0.3) is 0 Å². The normalized spacial score (nSPS) is 12.2. The molecule has 0 amide bonds. The van der Waals surface area contributed by atoms with Gasteiger partial charge >= 0.3 is 0 Å². The van der Waals surface area contributed by atoms with E-state index < -0.39 is 10.0 Å². The van der Waals surface area contributed by atoms with E-state index in [9.17, 15) is 8.42 Å². The highest BCUT2D eigenvalue weighted by molar-refractivity contribution is 7.91. The van der Waals surface area contributed by atoms with E-state index in [1.807, 2.05) is 13.1 Å². The molecule has 0 spiro atoms. The summed E-state index contributed by atoms with van der Waals surface area (Å²) in [6, 6.07) is 3.53. The molecular weight excluding hydrogens is 268 g/mol. The van der Waals surface area contributed by atoms with Crippen molar-refractivity contribution in [2.45, 2.75) is 37.4 Å². The summed E-state index contributed by atoms with van der Waals surface area (Å²) in [7, 11) is -1.49. The molecule has 1 aromatic rings. The largest absolute Gasteiger partial charge is 0.315 e. The molecule has 0 aliphatic rings. The van der Waals surface area contributed by atoms with Crippen molar-refractivity contribution in [2.24, 2.45) is 5.92 Å². The maximum Gasteiger partial charge on any atom is 0.250 e. The minimum Gasteiger partial charge on any atom is -0.315 e. The van der Waals surface area contributed by atoms with Crippen molar-refractivity contribution in [1.82, 2.24) is 10.0 Å². The first-order valence-corrected chi connectivity index (χ1v) is 8.56. The summed E-state index contributed by atoms with van der Waals surface area (Å²) >= 11 is 1.32. The average Bonchev–Trinajstić information content (AvgIpc) is 2.80. The summed E-state index contributed by atoms with van der Waals surface area (Å²) in [5, 5.41) is 3.01. The Labute approximate surface area is 114 Å². The highest BCUT2D eigenvalue weighted by Gasteiger charge is 2.17. The minimum atomic E-state index is -3.33. The fourth-order valence-electron chi connectivity index (χ4n) is 1.65. The predicted molar refractivity (Wildman–Crippen MR) is 76.3 cm³/mol. The lowest BCUT2D eigenvalue weighted by molar-refractivity contribution is 0.479. The molecule has 2 N–H and O–H groups in total. The van der Waals surface area contributed by atoms with Crippen LogP contribution in [0, 0.1) is 5.92 Å². The molecule has 0 aromatic carbocycles. The molecule has 1 rings (SSSR count). The molecule has 0 fully saturated rings. The summed E-state index contributed by atoms with van der Waals surface area (Å²) < 4.78 is 27.2. The molecular formula is C12H22N2O2S2. The van der Waals surface area contributed by atoms with Gasteiger partial charge in [-0.05, 0) is 25.1 Å². The Bertz CT molecular complexity index is 450. The molecule has 6 heteroatoms. The first kappa shape index (κ1) is 15.6. The molecule has 0 aliphatic heterocycles. The van der Waals surface area contributed by atoms with Gasteiger partial charge in [0.15, 0.2) is 0 Å². The van der Waals surface area contributed by atoms with Crippen molar-refractivity contribution in [1.29, 1.82) is 0 Å². The zero-order valence-electron chi connectivity index (χ0n) is 11.2. The Balaban J connectivity index is 2.67. The highest BCUT2D eigenvalue weighted by atomic mass is 32.2. The lowest BCUT2D eigenvalue weighted by atomic mass is 10.0. The first-order chi connectivity index (χ1) is 8.53. The third kappa shape index (κ3) is 4.35. The Hall–Kier alpha value is -0.430. The Morgan fingerprint density at radius 1 is 1.28 bits per heavy atom. The predicted octanol–water partition coefficient (Wildman–Crippen LogP) is 2.18. The second-order valence-corrected chi connectivity index (χ2v) is 7.45. The Morgan fingerprint density at radius 2 is 1.94 bits per heavy atom. The number of hydrogen-bond donors (Lipinski definition) is 2. The van der Waals surface area contributed by atoms with Crippen molar-refractivity contribution < 1.29 is 8.42 Å². The molecule has 0 unspecified atom stereocenters. The van der Waals surface area contributed by atoms with Crippen molar-refractivity contribution in [3.05, 3.63) is 17.0 Å². The smallest absolute Gasteiger partial charge is 0.250 e. The fourth-order valence-corrected chi connectivity index (χ4v) is 4.18. The van der Waals surface area contributed by atoms with Crippen LogP contribution in [0.15, 0.2) is 16.3 Å². The second-order valence-electron chi connectivity index (χ2n) is 4.29. The van der Waals surface area contributed by atoms with Gasteiger partial charge in [-0.2, -0.15) is 0 Å². The second kappa shape index (κ2) is 7.23. The first-order valence-electron chi connectivity index (χ1n) is 6.26. The lowest BCUT2D eigenvalue weighted by Crippen LogP contribution is -2.28. The number of nitrogens with one attached hydrogen (secondary N) is 2. The van der Waals surface area contributed by atoms with Crippen LogP contribution in [0.2, 0.25) is 0 Å². The highest BCUT2D eigenvalue weighted by Crippen LogP contribution is 2.21. The molecule has 18 heavy (non-hydrogen) atoms. The van der Waals surface area contributed by atoms with Gasteiger partial charge in [-0.3, -0.25) is 0 Å². The number of rotatable bonds is 8. The number of thiophene rings is 1. The monoisotopic (exact) mass is 290 g/mol. The van der Waals surface area contributed by atoms with E-state index in [1.54, 1.807) is 6.07 Å². The van der Waals surface area contributed by atoms with E-state index in [0.717, 1.165) is 17.7 Å². The zero-order chi connectivity index (χ0) is 13.6. The topological polar surface area (TPSA) is 58.2 Å². The molecule has 104 valence electrons. The van der Waals surface area contributed by atoms with Crippen molar-refractivity contribution in [3.63, 3.8) is 0 Å². The third-order valence-corrected chi connectivity index (χ3v) is 5.97. The van der Waals surface area contributed by atoms with Gasteiger partial charge in [0.25, 0.3) is 0 Å². The van der Waals surface area contributed by atoms with Crippen LogP contribution in [0.4, 0.5) is 0 Å². The number of hydrogen-bond acceptors (Lipinski definition) is 4. The van der Waals surface area contributed by atoms with Crippen LogP contribution < -0.4 is 10.0 Å². The molecule has 0 atom stereocenters. The lowest BCUT2D eigenvalue weighted by Gasteiger charge is -2.12. The Kier molecular flexibility index (Phi) is 6.28. The van der Waals surface area contributed by atoms with Crippen LogP contribution in [-0.2, 0) is 16.6 Å². The average molecular weight is 290 g/mol. The van der Waals surface area contributed by atoms with Crippen LogP contribution in [0.1, 0.15) is 31.6 Å². The van der Waals surface area contributed by atoms with E-state index in [-0.39, 0.29) is 0 Å². The maximum absolute atomic E-state index is 12.1. The van der Waals surface area contributed by atoms with Crippen molar-refractivity contribution in [2.75, 3.05) is 13.6 Å². The summed E-state index contributed by atoms with van der Waals surface area (Å²) in [6.07, 6.45) is 1.99. The molecule has 0 saturated carbocycles. The van der Waals surface area contributed by atoms with E-state index in [0.29, 0.717) is 23.2 Å². The van der Waals surface area contributed by atoms with Gasteiger partial charge in [-0.25, -0.2) is 13.1 Å². The molecule has 1 heterocycles. The molecule has 0 aliphatic carbocycles. The van der Waals surface area contributed by atoms with E-state index >= 15 is 0 Å². The van der Waals surface area contributed by atoms with Gasteiger partial charge < -0.3 is 5.32 Å². The molecule has 0 bridgehead atoms. The van der Waals surface area contributed by atoms with Gasteiger partial charge in [-0.1, -0.05) is 26.7 Å². The number of sulfonamides is 1. The quantitative estimate of drug-likeness (QED) is 0.771. The summed E-state index contributed by atoms with van der Waals surface area (Å²) in [5.74, 6) is 0.413. The van der Waals surface area contributed by atoms with E-state index in [2.05, 4.69) is 23.9 Å². The maximum atomic E-state index is 12.1. The van der Waals surface area contributed by atoms with Gasteiger partial charge in [-0.15, -0.1) is 11.3 Å².